The fourth-order valence-corrected chi connectivity index (χ4v) is 6.27. The molecule has 65 heavy (non-hydrogen) atoms. The quantitative estimate of drug-likeness (QED) is 0.0292. The van der Waals surface area contributed by atoms with Gasteiger partial charge in [-0.25, -0.2) is 19.9 Å². The SMILES string of the molecule is CN(Cc1cnc2nc(N)nc(N)c2n1)c1ccc(C(=O)C[C@@H](CCOC=O)OC=O)cc1.Nc1nc(N)c2nc(CCc3ccc(C(=O)C[C@@H](CCOC=O)OC=O)cc3)cnc2n1. The molecular weight excluding hydrogens is 847 g/mol. The zero-order valence-corrected chi connectivity index (χ0v) is 35.0. The Labute approximate surface area is 370 Å². The third-order valence-corrected chi connectivity index (χ3v) is 9.55. The highest BCUT2D eigenvalue weighted by atomic mass is 16.5. The molecule has 0 aliphatic rings. The van der Waals surface area contributed by atoms with Gasteiger partial charge in [-0.3, -0.25) is 28.8 Å². The number of Topliss-reactive ketones (excluding diaryl/α,β-unsaturated/α-hetero) is 2. The molecule has 0 saturated heterocycles. The number of nitrogens with two attached hydrogens (primary N) is 4. The lowest BCUT2D eigenvalue weighted by Crippen LogP contribution is -2.20. The van der Waals surface area contributed by atoms with Crippen molar-refractivity contribution >= 4 is 89.0 Å². The lowest BCUT2D eigenvalue weighted by Gasteiger charge is -2.19. The van der Waals surface area contributed by atoms with Crippen LogP contribution >= 0.6 is 0 Å². The first-order chi connectivity index (χ1) is 31.4. The minimum Gasteiger partial charge on any atom is -0.468 e. The first-order valence-electron chi connectivity index (χ1n) is 19.8. The highest BCUT2D eigenvalue weighted by Gasteiger charge is 2.19. The number of nitrogens with zero attached hydrogens (tertiary/aromatic N) is 9. The van der Waals surface area contributed by atoms with Crippen molar-refractivity contribution in [3.8, 4) is 0 Å². The van der Waals surface area contributed by atoms with E-state index in [0.29, 0.717) is 71.5 Å². The van der Waals surface area contributed by atoms with E-state index in [1.807, 2.05) is 24.1 Å². The summed E-state index contributed by atoms with van der Waals surface area (Å²) in [5, 5.41) is 0. The van der Waals surface area contributed by atoms with Crippen LogP contribution in [0.5, 0.6) is 0 Å². The Morgan fingerprint density at radius 2 is 1.06 bits per heavy atom. The van der Waals surface area contributed by atoms with Gasteiger partial charge in [0.1, 0.15) is 12.2 Å². The third-order valence-electron chi connectivity index (χ3n) is 9.55. The predicted octanol–water partition coefficient (Wildman–Crippen LogP) is 1.95. The summed E-state index contributed by atoms with van der Waals surface area (Å²) in [4.78, 5) is 102. The van der Waals surface area contributed by atoms with Gasteiger partial charge in [0.25, 0.3) is 25.9 Å². The molecular formula is C42H45N13O10. The van der Waals surface area contributed by atoms with Crippen LogP contribution in [0.2, 0.25) is 0 Å². The van der Waals surface area contributed by atoms with Crippen molar-refractivity contribution in [2.45, 2.75) is 57.3 Å². The number of carbonyl (C=O) groups is 6. The van der Waals surface area contributed by atoms with Crippen molar-refractivity contribution in [2.75, 3.05) is 48.1 Å². The maximum atomic E-state index is 12.5. The van der Waals surface area contributed by atoms with Gasteiger partial charge in [-0.1, -0.05) is 24.3 Å². The van der Waals surface area contributed by atoms with Crippen molar-refractivity contribution in [3.63, 3.8) is 0 Å². The number of ether oxygens (including phenoxy) is 4. The Bertz CT molecular complexity index is 2600. The van der Waals surface area contributed by atoms with Gasteiger partial charge in [0.15, 0.2) is 45.5 Å². The summed E-state index contributed by atoms with van der Waals surface area (Å²) in [6.45, 7) is 1.72. The maximum absolute atomic E-state index is 12.5. The average Bonchev–Trinajstić information content (AvgIpc) is 3.29. The van der Waals surface area contributed by atoms with E-state index < -0.39 is 12.2 Å². The maximum Gasteiger partial charge on any atom is 0.293 e. The number of hydrogen-bond donors (Lipinski definition) is 4. The number of fused-ring (bicyclic) bond motifs is 2. The first kappa shape index (κ1) is 47.5. The molecule has 6 rings (SSSR count). The number of aromatic nitrogens is 8. The van der Waals surface area contributed by atoms with E-state index >= 15 is 0 Å². The van der Waals surface area contributed by atoms with Gasteiger partial charge in [-0.05, 0) is 42.7 Å². The van der Waals surface area contributed by atoms with E-state index in [1.54, 1.807) is 48.8 Å². The number of benzene rings is 2. The van der Waals surface area contributed by atoms with Crippen LogP contribution in [-0.2, 0) is 57.5 Å². The van der Waals surface area contributed by atoms with Gasteiger partial charge in [-0.15, -0.1) is 0 Å². The van der Waals surface area contributed by atoms with Crippen LogP contribution in [0, 0.1) is 0 Å². The summed E-state index contributed by atoms with van der Waals surface area (Å²) >= 11 is 0. The molecule has 0 spiro atoms. The normalized spacial score (nSPS) is 11.6. The molecule has 2 aromatic carbocycles. The molecule has 0 aliphatic heterocycles. The molecule has 0 unspecified atom stereocenters. The van der Waals surface area contributed by atoms with Crippen molar-refractivity contribution in [2.24, 2.45) is 0 Å². The number of nitrogen functional groups attached to an aromatic ring is 4. The van der Waals surface area contributed by atoms with Gasteiger partial charge < -0.3 is 46.8 Å². The average molecular weight is 892 g/mol. The molecule has 8 N–H and O–H groups in total. The number of carbonyl (C=O) groups excluding carboxylic acids is 6. The fourth-order valence-electron chi connectivity index (χ4n) is 6.27. The van der Waals surface area contributed by atoms with Crippen LogP contribution in [0.4, 0.5) is 29.2 Å². The number of hydrogen-bond acceptors (Lipinski definition) is 23. The van der Waals surface area contributed by atoms with Gasteiger partial charge >= 0.3 is 0 Å². The minimum absolute atomic E-state index is 0.000982. The molecule has 0 aliphatic carbocycles. The monoisotopic (exact) mass is 891 g/mol. The van der Waals surface area contributed by atoms with Crippen molar-refractivity contribution in [1.29, 1.82) is 0 Å². The summed E-state index contributed by atoms with van der Waals surface area (Å²) in [5.41, 5.74) is 28.5. The second-order valence-electron chi connectivity index (χ2n) is 14.1. The second kappa shape index (κ2) is 23.6. The molecule has 0 bridgehead atoms. The lowest BCUT2D eigenvalue weighted by atomic mass is 10.0. The molecule has 0 amide bonds. The zero-order valence-electron chi connectivity index (χ0n) is 35.0. The van der Waals surface area contributed by atoms with Crippen molar-refractivity contribution < 1.29 is 47.7 Å². The van der Waals surface area contributed by atoms with E-state index in [-0.39, 0.29) is 86.9 Å². The van der Waals surface area contributed by atoms with Crippen LogP contribution in [-0.4, -0.2) is 110 Å². The number of rotatable bonds is 24. The zero-order chi connectivity index (χ0) is 46.7. The summed E-state index contributed by atoms with van der Waals surface area (Å²) in [5.74, 6) is 0.0466. The topological polar surface area (TPSA) is 350 Å². The number of anilines is 5. The lowest BCUT2D eigenvalue weighted by molar-refractivity contribution is -0.137. The summed E-state index contributed by atoms with van der Waals surface area (Å²) in [6, 6.07) is 14.1. The van der Waals surface area contributed by atoms with Crippen LogP contribution < -0.4 is 27.8 Å². The van der Waals surface area contributed by atoms with E-state index in [9.17, 15) is 28.8 Å². The van der Waals surface area contributed by atoms with E-state index in [4.69, 9.17) is 32.4 Å². The Hall–Kier alpha value is -8.50. The number of ketones is 2. The van der Waals surface area contributed by atoms with E-state index in [1.165, 1.54) is 0 Å². The molecule has 2 atom stereocenters. The second-order valence-corrected chi connectivity index (χ2v) is 14.1. The molecule has 0 radical (unpaired) electrons. The van der Waals surface area contributed by atoms with Crippen LogP contribution in [0.3, 0.4) is 0 Å². The highest BCUT2D eigenvalue weighted by molar-refractivity contribution is 5.97. The van der Waals surface area contributed by atoms with Gasteiger partial charge in [0.05, 0.1) is 43.5 Å². The minimum atomic E-state index is -0.671. The van der Waals surface area contributed by atoms with Gasteiger partial charge in [0.2, 0.25) is 11.9 Å². The first-order valence-corrected chi connectivity index (χ1v) is 19.8. The standard InChI is InChI=1S/C21H23N7O5.C21H22N6O5/c1-28(10-14-9-24-20-18(25-14)19(22)26-21(23)27-20)15-4-2-13(3-5-15)17(31)8-16(33-12-30)6-7-32-11-29;22-19-18-20(27-21(23)26-19)24-10-15(25-18)6-3-13-1-4-14(5-2-13)17(30)9-16(32-12-29)7-8-31-11-28/h2-5,9,11-12,16H,6-8,10H2,1H3,(H4,22,23,24,26,27);1-2,4-5,10-12,16H,3,6-9H2,(H4,22,23,24,26,27)/t2*16-/m11/s1. The summed E-state index contributed by atoms with van der Waals surface area (Å²) < 4.78 is 19.0. The highest BCUT2D eigenvalue weighted by Crippen LogP contribution is 2.21. The molecule has 0 fully saturated rings. The van der Waals surface area contributed by atoms with Crippen LogP contribution in [0.1, 0.15) is 63.4 Å². The Morgan fingerprint density at radius 1 is 0.600 bits per heavy atom. The molecule has 4 heterocycles. The van der Waals surface area contributed by atoms with Crippen LogP contribution in [0.15, 0.2) is 60.9 Å². The Kier molecular flexibility index (Phi) is 17.3. The fraction of sp³-hybridized carbons (Fsp3) is 0.286. The third kappa shape index (κ3) is 14.0. The van der Waals surface area contributed by atoms with Crippen LogP contribution in [0.25, 0.3) is 22.3 Å². The smallest absolute Gasteiger partial charge is 0.293 e. The Morgan fingerprint density at radius 3 is 1.54 bits per heavy atom. The van der Waals surface area contributed by atoms with Gasteiger partial charge in [-0.2, -0.15) is 19.9 Å². The molecule has 6 aromatic rings. The predicted molar refractivity (Wildman–Crippen MR) is 233 cm³/mol. The van der Waals surface area contributed by atoms with E-state index in [0.717, 1.165) is 16.9 Å². The molecule has 0 saturated carbocycles. The van der Waals surface area contributed by atoms with E-state index in [2.05, 4.69) is 49.3 Å². The molecule has 338 valence electrons. The summed E-state index contributed by atoms with van der Waals surface area (Å²) in [6.07, 6.45) is 3.62. The van der Waals surface area contributed by atoms with Gasteiger partial charge in [0, 0.05) is 49.5 Å². The largest absolute Gasteiger partial charge is 0.468 e. The van der Waals surface area contributed by atoms with Crippen molar-refractivity contribution in [1.82, 2.24) is 39.9 Å². The Balaban J connectivity index is 0.000000244. The number of aryl methyl sites for hydroxylation is 2. The molecule has 23 heteroatoms. The molecule has 23 nitrogen and oxygen atoms in total. The van der Waals surface area contributed by atoms with Crippen molar-refractivity contribution in [3.05, 3.63) is 89.0 Å². The summed E-state index contributed by atoms with van der Waals surface area (Å²) in [7, 11) is 1.87. The molecule has 4 aromatic heterocycles.